The highest BCUT2D eigenvalue weighted by atomic mass is 19.4. The number of fused-ring (bicyclic) bond motifs is 1. The molecule has 0 amide bonds. The SMILES string of the molecule is COc1ncnc(C2CC2)c1-n1cc(Oc2ccc(-c3nc(C(F)(F)F)cn3C)cc2)c2ccncc21. The van der Waals surface area contributed by atoms with Crippen LogP contribution in [0.25, 0.3) is 28.0 Å². The molecule has 0 atom stereocenters. The van der Waals surface area contributed by atoms with Gasteiger partial charge in [0, 0.05) is 36.3 Å². The van der Waals surface area contributed by atoms with Gasteiger partial charge in [0.05, 0.1) is 30.7 Å². The van der Waals surface area contributed by atoms with E-state index in [0.717, 1.165) is 41.3 Å². The van der Waals surface area contributed by atoms with Crippen LogP contribution in [-0.4, -0.2) is 36.2 Å². The number of pyridine rings is 1. The van der Waals surface area contributed by atoms with E-state index < -0.39 is 11.9 Å². The van der Waals surface area contributed by atoms with Crippen LogP contribution in [0.1, 0.15) is 30.1 Å². The van der Waals surface area contributed by atoms with E-state index in [1.807, 2.05) is 16.8 Å². The third-order valence-corrected chi connectivity index (χ3v) is 6.29. The lowest BCUT2D eigenvalue weighted by molar-refractivity contribution is -0.140. The predicted molar refractivity (Wildman–Crippen MR) is 129 cm³/mol. The molecule has 1 fully saturated rings. The Morgan fingerprint density at radius 1 is 1.03 bits per heavy atom. The first-order chi connectivity index (χ1) is 17.8. The third-order valence-electron chi connectivity index (χ3n) is 6.29. The summed E-state index contributed by atoms with van der Waals surface area (Å²) in [4.78, 5) is 16.9. The molecule has 5 aromatic rings. The van der Waals surface area contributed by atoms with Crippen LogP contribution in [-0.2, 0) is 13.2 Å². The summed E-state index contributed by atoms with van der Waals surface area (Å²) in [5.74, 6) is 2.12. The molecular formula is C26H21F3N6O2. The number of aryl methyl sites for hydroxylation is 1. The van der Waals surface area contributed by atoms with Crippen LogP contribution in [0.3, 0.4) is 0 Å². The monoisotopic (exact) mass is 506 g/mol. The van der Waals surface area contributed by atoms with Gasteiger partial charge in [-0.05, 0) is 43.2 Å². The fourth-order valence-electron chi connectivity index (χ4n) is 4.39. The molecule has 37 heavy (non-hydrogen) atoms. The highest BCUT2D eigenvalue weighted by Crippen LogP contribution is 2.45. The first-order valence-electron chi connectivity index (χ1n) is 11.6. The fourth-order valence-corrected chi connectivity index (χ4v) is 4.39. The van der Waals surface area contributed by atoms with Crippen molar-refractivity contribution in [3.8, 4) is 34.5 Å². The van der Waals surface area contributed by atoms with Gasteiger partial charge in [-0.25, -0.2) is 9.97 Å². The Balaban J connectivity index is 1.37. The Morgan fingerprint density at radius 3 is 2.49 bits per heavy atom. The van der Waals surface area contributed by atoms with Gasteiger partial charge in [-0.3, -0.25) is 4.98 Å². The number of alkyl halides is 3. The average Bonchev–Trinajstić information content (AvgIpc) is 3.57. The van der Waals surface area contributed by atoms with Gasteiger partial charge in [-0.15, -0.1) is 0 Å². The Labute approximate surface area is 209 Å². The molecule has 8 nitrogen and oxygen atoms in total. The second-order valence-corrected chi connectivity index (χ2v) is 8.83. The first-order valence-corrected chi connectivity index (χ1v) is 11.6. The summed E-state index contributed by atoms with van der Waals surface area (Å²) in [7, 11) is 3.10. The van der Waals surface area contributed by atoms with Gasteiger partial charge in [0.15, 0.2) is 11.4 Å². The number of imidazole rings is 1. The zero-order valence-electron chi connectivity index (χ0n) is 19.9. The summed E-state index contributed by atoms with van der Waals surface area (Å²) in [6.07, 6.45) is 5.37. The van der Waals surface area contributed by atoms with Gasteiger partial charge >= 0.3 is 6.18 Å². The molecule has 0 aliphatic heterocycles. The van der Waals surface area contributed by atoms with Gasteiger partial charge in [-0.2, -0.15) is 18.2 Å². The summed E-state index contributed by atoms with van der Waals surface area (Å²) in [6, 6.07) is 8.61. The minimum absolute atomic E-state index is 0.213. The van der Waals surface area contributed by atoms with Crippen molar-refractivity contribution in [1.82, 2.24) is 29.1 Å². The minimum atomic E-state index is -4.51. The molecule has 1 saturated carbocycles. The Hall–Kier alpha value is -4.41. The second-order valence-electron chi connectivity index (χ2n) is 8.83. The highest BCUT2D eigenvalue weighted by molar-refractivity contribution is 5.88. The molecule has 4 aromatic heterocycles. The number of ether oxygens (including phenoxy) is 2. The summed E-state index contributed by atoms with van der Waals surface area (Å²) in [5.41, 5.74) is 2.08. The molecular weight excluding hydrogens is 485 g/mol. The normalized spacial score (nSPS) is 13.8. The van der Waals surface area contributed by atoms with E-state index in [1.54, 1.807) is 43.8 Å². The van der Waals surface area contributed by atoms with Gasteiger partial charge < -0.3 is 18.6 Å². The summed E-state index contributed by atoms with van der Waals surface area (Å²) in [6.45, 7) is 0. The summed E-state index contributed by atoms with van der Waals surface area (Å²) < 4.78 is 54.3. The number of hydrogen-bond donors (Lipinski definition) is 0. The molecule has 0 unspecified atom stereocenters. The quantitative estimate of drug-likeness (QED) is 0.285. The van der Waals surface area contributed by atoms with Gasteiger partial charge in [0.25, 0.3) is 0 Å². The van der Waals surface area contributed by atoms with Crippen LogP contribution in [0.15, 0.2) is 61.4 Å². The van der Waals surface area contributed by atoms with Crippen LogP contribution >= 0.6 is 0 Å². The van der Waals surface area contributed by atoms with Crippen LogP contribution in [0.4, 0.5) is 13.2 Å². The smallest absolute Gasteiger partial charge is 0.434 e. The van der Waals surface area contributed by atoms with Crippen molar-refractivity contribution in [3.63, 3.8) is 0 Å². The van der Waals surface area contributed by atoms with E-state index in [1.165, 1.54) is 17.9 Å². The molecule has 188 valence electrons. The zero-order valence-corrected chi connectivity index (χ0v) is 19.9. The molecule has 11 heteroatoms. The molecule has 0 radical (unpaired) electrons. The Morgan fingerprint density at radius 2 is 1.81 bits per heavy atom. The van der Waals surface area contributed by atoms with Crippen molar-refractivity contribution >= 4 is 10.9 Å². The maximum atomic E-state index is 13.1. The number of nitrogens with zero attached hydrogens (tertiary/aromatic N) is 6. The lowest BCUT2D eigenvalue weighted by Crippen LogP contribution is -2.05. The second kappa shape index (κ2) is 8.61. The van der Waals surface area contributed by atoms with Crippen molar-refractivity contribution in [3.05, 3.63) is 72.8 Å². The van der Waals surface area contributed by atoms with Gasteiger partial charge in [0.1, 0.15) is 23.6 Å². The molecule has 0 bridgehead atoms. The molecule has 1 aliphatic rings. The van der Waals surface area contributed by atoms with Crippen molar-refractivity contribution in [2.24, 2.45) is 7.05 Å². The highest BCUT2D eigenvalue weighted by Gasteiger charge is 2.34. The lowest BCUT2D eigenvalue weighted by Gasteiger charge is -2.13. The van der Waals surface area contributed by atoms with Gasteiger partial charge in [0.2, 0.25) is 5.88 Å². The molecule has 6 rings (SSSR count). The number of rotatable bonds is 6. The molecule has 0 spiro atoms. The van der Waals surface area contributed by atoms with Gasteiger partial charge in [-0.1, -0.05) is 0 Å². The topological polar surface area (TPSA) is 79.9 Å². The Bertz CT molecular complexity index is 1600. The number of halogens is 3. The van der Waals surface area contributed by atoms with Crippen LogP contribution < -0.4 is 9.47 Å². The lowest BCUT2D eigenvalue weighted by atomic mass is 10.2. The van der Waals surface area contributed by atoms with E-state index in [-0.39, 0.29) is 5.82 Å². The zero-order chi connectivity index (χ0) is 25.7. The third kappa shape index (κ3) is 4.15. The van der Waals surface area contributed by atoms with E-state index in [2.05, 4.69) is 19.9 Å². The molecule has 1 aliphatic carbocycles. The molecule has 0 N–H and O–H groups in total. The molecule has 0 saturated heterocycles. The van der Waals surface area contributed by atoms with Crippen LogP contribution in [0.5, 0.6) is 17.4 Å². The number of aromatic nitrogens is 6. The maximum Gasteiger partial charge on any atom is 0.434 e. The van der Waals surface area contributed by atoms with Crippen molar-refractivity contribution < 1.29 is 22.6 Å². The fraction of sp³-hybridized carbons (Fsp3) is 0.231. The van der Waals surface area contributed by atoms with E-state index in [4.69, 9.17) is 9.47 Å². The van der Waals surface area contributed by atoms with Crippen LogP contribution in [0, 0.1) is 0 Å². The van der Waals surface area contributed by atoms with Crippen molar-refractivity contribution in [1.29, 1.82) is 0 Å². The van der Waals surface area contributed by atoms with Crippen LogP contribution in [0.2, 0.25) is 0 Å². The standard InChI is InChI=1S/C26H21F3N6O2/c1-34-13-21(26(27,28)29)33-24(34)16-5-7-17(8-6-16)37-20-12-35(19-11-30-10-9-18(19)20)23-22(15-3-4-15)31-14-32-25(23)36-2/h5-15H,3-4H2,1-2H3. The number of benzene rings is 1. The van der Waals surface area contributed by atoms with E-state index in [9.17, 15) is 13.2 Å². The Kier molecular flexibility index (Phi) is 5.36. The van der Waals surface area contributed by atoms with E-state index in [0.29, 0.717) is 28.9 Å². The molecule has 4 heterocycles. The number of hydrogen-bond acceptors (Lipinski definition) is 6. The predicted octanol–water partition coefficient (Wildman–Crippen LogP) is 5.91. The van der Waals surface area contributed by atoms with E-state index >= 15 is 0 Å². The first kappa shape index (κ1) is 23.0. The molecule has 1 aromatic carbocycles. The van der Waals surface area contributed by atoms with Crippen molar-refractivity contribution in [2.45, 2.75) is 24.9 Å². The minimum Gasteiger partial charge on any atom is -0.479 e. The maximum absolute atomic E-state index is 13.1. The number of methoxy groups -OCH3 is 1. The average molecular weight is 506 g/mol. The van der Waals surface area contributed by atoms with Crippen molar-refractivity contribution in [2.75, 3.05) is 7.11 Å². The summed E-state index contributed by atoms with van der Waals surface area (Å²) in [5, 5.41) is 0.825. The summed E-state index contributed by atoms with van der Waals surface area (Å²) >= 11 is 0. The largest absolute Gasteiger partial charge is 0.479 e.